The van der Waals surface area contributed by atoms with Gasteiger partial charge in [0.05, 0.1) is 0 Å². The molecule has 0 fully saturated rings. The molecule has 0 radical (unpaired) electrons. The molecule has 2 rings (SSSR count). The first-order valence-electron chi connectivity index (χ1n) is 6.15. The third kappa shape index (κ3) is 3.35. The minimum atomic E-state index is -0.415. The average molecular weight is 255 g/mol. The third-order valence-corrected chi connectivity index (χ3v) is 2.98. The van der Waals surface area contributed by atoms with Gasteiger partial charge in [-0.25, -0.2) is 0 Å². The number of benzene rings is 2. The van der Waals surface area contributed by atoms with Crippen molar-refractivity contribution in [3.63, 3.8) is 0 Å². The maximum absolute atomic E-state index is 11.0. The van der Waals surface area contributed by atoms with Crippen LogP contribution < -0.4 is 10.5 Å². The Balaban J connectivity index is 2.06. The zero-order valence-electron chi connectivity index (χ0n) is 11.1. The Hall–Kier alpha value is -2.29. The molecule has 0 aromatic heterocycles. The molecule has 0 saturated heterocycles. The van der Waals surface area contributed by atoms with E-state index >= 15 is 0 Å². The van der Waals surface area contributed by atoms with E-state index in [4.69, 9.17) is 10.5 Å². The van der Waals surface area contributed by atoms with Gasteiger partial charge in [0.2, 0.25) is 5.91 Å². The predicted octanol–water partition coefficient (Wildman–Crippen LogP) is 2.98. The second kappa shape index (κ2) is 5.57. The lowest BCUT2D eigenvalue weighted by Crippen LogP contribution is -2.10. The van der Waals surface area contributed by atoms with Crippen LogP contribution in [0.25, 0.3) is 0 Å². The lowest BCUT2D eigenvalue weighted by molar-refractivity contribution is 0.1000. The van der Waals surface area contributed by atoms with Gasteiger partial charge >= 0.3 is 0 Å². The van der Waals surface area contributed by atoms with E-state index < -0.39 is 5.91 Å². The zero-order valence-corrected chi connectivity index (χ0v) is 11.1. The topological polar surface area (TPSA) is 52.3 Å². The first-order chi connectivity index (χ1) is 9.06. The number of hydrogen-bond donors (Lipinski definition) is 1. The molecule has 0 bridgehead atoms. The molecule has 98 valence electrons. The van der Waals surface area contributed by atoms with Crippen LogP contribution in [0.4, 0.5) is 0 Å². The highest BCUT2D eigenvalue weighted by Crippen LogP contribution is 2.20. The number of carbonyl (C=O) groups is 1. The van der Waals surface area contributed by atoms with E-state index in [0.717, 1.165) is 16.9 Å². The van der Waals surface area contributed by atoms with Crippen LogP contribution in [0.5, 0.6) is 5.75 Å². The van der Waals surface area contributed by atoms with Gasteiger partial charge in [-0.1, -0.05) is 24.3 Å². The Labute approximate surface area is 113 Å². The standard InChI is InChI=1S/C16H17NO2/c1-11-3-4-12(2)15(9-11)19-10-13-5-7-14(8-6-13)16(17)18/h3-9H,10H2,1-2H3,(H2,17,18). The highest BCUT2D eigenvalue weighted by atomic mass is 16.5. The summed E-state index contributed by atoms with van der Waals surface area (Å²) < 4.78 is 5.79. The minimum absolute atomic E-state index is 0.415. The van der Waals surface area contributed by atoms with Crippen molar-refractivity contribution in [2.75, 3.05) is 0 Å². The van der Waals surface area contributed by atoms with Gasteiger partial charge in [-0.15, -0.1) is 0 Å². The number of ether oxygens (including phenoxy) is 1. The van der Waals surface area contributed by atoms with Gasteiger partial charge in [0.25, 0.3) is 0 Å². The third-order valence-electron chi connectivity index (χ3n) is 2.98. The van der Waals surface area contributed by atoms with Gasteiger partial charge < -0.3 is 10.5 Å². The first-order valence-corrected chi connectivity index (χ1v) is 6.15. The van der Waals surface area contributed by atoms with Crippen molar-refractivity contribution in [3.05, 3.63) is 64.7 Å². The molecule has 1 amide bonds. The number of primary amides is 1. The van der Waals surface area contributed by atoms with E-state index in [1.165, 1.54) is 5.56 Å². The summed E-state index contributed by atoms with van der Waals surface area (Å²) in [4.78, 5) is 11.0. The van der Waals surface area contributed by atoms with Crippen LogP contribution in [0.1, 0.15) is 27.0 Å². The summed E-state index contributed by atoms with van der Waals surface area (Å²) in [6.07, 6.45) is 0. The van der Waals surface area contributed by atoms with Gasteiger partial charge in [0, 0.05) is 5.56 Å². The SMILES string of the molecule is Cc1ccc(C)c(OCc2ccc(C(N)=O)cc2)c1. The van der Waals surface area contributed by atoms with Crippen LogP contribution in [0.3, 0.4) is 0 Å². The molecule has 3 nitrogen and oxygen atoms in total. The van der Waals surface area contributed by atoms with Crippen LogP contribution in [-0.4, -0.2) is 5.91 Å². The molecule has 0 aliphatic rings. The van der Waals surface area contributed by atoms with E-state index in [1.807, 2.05) is 38.1 Å². The van der Waals surface area contributed by atoms with Crippen molar-refractivity contribution < 1.29 is 9.53 Å². The van der Waals surface area contributed by atoms with Gasteiger partial charge in [-0.2, -0.15) is 0 Å². The molecule has 0 unspecified atom stereocenters. The number of rotatable bonds is 4. The maximum atomic E-state index is 11.0. The van der Waals surface area contributed by atoms with E-state index in [-0.39, 0.29) is 0 Å². The van der Waals surface area contributed by atoms with Crippen molar-refractivity contribution in [1.29, 1.82) is 0 Å². The summed E-state index contributed by atoms with van der Waals surface area (Å²) in [6, 6.07) is 13.3. The van der Waals surface area contributed by atoms with E-state index in [2.05, 4.69) is 6.07 Å². The van der Waals surface area contributed by atoms with E-state index in [0.29, 0.717) is 12.2 Å². The molecule has 0 aliphatic carbocycles. The molecule has 3 heteroatoms. The van der Waals surface area contributed by atoms with E-state index in [1.54, 1.807) is 12.1 Å². The summed E-state index contributed by atoms with van der Waals surface area (Å²) in [7, 11) is 0. The number of amides is 1. The fourth-order valence-corrected chi connectivity index (χ4v) is 1.79. The summed E-state index contributed by atoms with van der Waals surface area (Å²) in [6.45, 7) is 4.53. The lowest BCUT2D eigenvalue weighted by atomic mass is 10.1. The predicted molar refractivity (Wildman–Crippen MR) is 75.2 cm³/mol. The molecule has 0 atom stereocenters. The molecule has 0 heterocycles. The van der Waals surface area contributed by atoms with Crippen molar-refractivity contribution in [3.8, 4) is 5.75 Å². The highest BCUT2D eigenvalue weighted by molar-refractivity contribution is 5.92. The Bertz CT molecular complexity index is 588. The second-order valence-electron chi connectivity index (χ2n) is 4.62. The number of aryl methyl sites for hydroxylation is 2. The monoisotopic (exact) mass is 255 g/mol. The summed E-state index contributed by atoms with van der Waals surface area (Å²) >= 11 is 0. The van der Waals surface area contributed by atoms with Crippen LogP contribution in [0.15, 0.2) is 42.5 Å². The molecule has 2 aromatic carbocycles. The average Bonchev–Trinajstić information content (AvgIpc) is 2.40. The van der Waals surface area contributed by atoms with Crippen LogP contribution >= 0.6 is 0 Å². The largest absolute Gasteiger partial charge is 0.489 e. The Morgan fingerprint density at radius 1 is 1.11 bits per heavy atom. The van der Waals surface area contributed by atoms with Crippen LogP contribution in [0.2, 0.25) is 0 Å². The molecule has 0 spiro atoms. The van der Waals surface area contributed by atoms with Gasteiger partial charge in [0.15, 0.2) is 0 Å². The van der Waals surface area contributed by atoms with Crippen molar-refractivity contribution in [2.45, 2.75) is 20.5 Å². The molecule has 2 N–H and O–H groups in total. The Morgan fingerprint density at radius 3 is 2.42 bits per heavy atom. The summed E-state index contributed by atoms with van der Waals surface area (Å²) in [5, 5.41) is 0. The van der Waals surface area contributed by atoms with Crippen LogP contribution in [0, 0.1) is 13.8 Å². The fourth-order valence-electron chi connectivity index (χ4n) is 1.79. The first kappa shape index (κ1) is 13.1. The zero-order chi connectivity index (χ0) is 13.8. The molecular weight excluding hydrogens is 238 g/mol. The second-order valence-corrected chi connectivity index (χ2v) is 4.62. The molecular formula is C16H17NO2. The van der Waals surface area contributed by atoms with Crippen molar-refractivity contribution >= 4 is 5.91 Å². The Morgan fingerprint density at radius 2 is 1.79 bits per heavy atom. The summed E-state index contributed by atoms with van der Waals surface area (Å²) in [5.74, 6) is 0.473. The van der Waals surface area contributed by atoms with Crippen molar-refractivity contribution in [2.24, 2.45) is 5.73 Å². The smallest absolute Gasteiger partial charge is 0.248 e. The van der Waals surface area contributed by atoms with Gasteiger partial charge in [0.1, 0.15) is 12.4 Å². The molecule has 2 aromatic rings. The maximum Gasteiger partial charge on any atom is 0.248 e. The molecule has 19 heavy (non-hydrogen) atoms. The summed E-state index contributed by atoms with van der Waals surface area (Å²) in [5.41, 5.74) is 8.99. The number of carbonyl (C=O) groups excluding carboxylic acids is 1. The van der Waals surface area contributed by atoms with Crippen molar-refractivity contribution in [1.82, 2.24) is 0 Å². The lowest BCUT2D eigenvalue weighted by Gasteiger charge is -2.10. The highest BCUT2D eigenvalue weighted by Gasteiger charge is 2.02. The van der Waals surface area contributed by atoms with Gasteiger partial charge in [-0.3, -0.25) is 4.79 Å². The van der Waals surface area contributed by atoms with Crippen LogP contribution in [-0.2, 0) is 6.61 Å². The van der Waals surface area contributed by atoms with E-state index in [9.17, 15) is 4.79 Å². The molecule has 0 aliphatic heterocycles. The Kier molecular flexibility index (Phi) is 3.85. The van der Waals surface area contributed by atoms with Gasteiger partial charge in [-0.05, 0) is 48.7 Å². The normalized spacial score (nSPS) is 10.2. The fraction of sp³-hybridized carbons (Fsp3) is 0.188. The minimum Gasteiger partial charge on any atom is -0.489 e. The molecule has 0 saturated carbocycles. The number of nitrogens with two attached hydrogens (primary N) is 1. The quantitative estimate of drug-likeness (QED) is 0.913. The number of hydrogen-bond acceptors (Lipinski definition) is 2.